The number of anilines is 2. The Morgan fingerprint density at radius 1 is 0.792 bits per heavy atom. The lowest BCUT2D eigenvalue weighted by molar-refractivity contribution is -0.222. The standard InChI is InChI=1S/C45H60N2O6/c1-42(2,3)25-30-16-15-28(26-46-27-35-40(50)52-45(10,11)53-41(35)51)21-34(30)29-13-12-14-31(22-29)47(38-19-17-32(48)23-36(38)43(4,5)6)39-20-18-33(49)24-37(39)44(7,8)9/h15-21,23-24,27,29,31,46,48-49H,12-14,22,25-26H2,1-11H3. The summed E-state index contributed by atoms with van der Waals surface area (Å²) < 4.78 is 10.5. The van der Waals surface area contributed by atoms with E-state index in [2.05, 4.69) is 103 Å². The quantitative estimate of drug-likeness (QED) is 0.120. The van der Waals surface area contributed by atoms with E-state index >= 15 is 0 Å². The molecule has 1 saturated heterocycles. The van der Waals surface area contributed by atoms with Gasteiger partial charge in [-0.2, -0.15) is 0 Å². The van der Waals surface area contributed by atoms with Crippen LogP contribution in [0.4, 0.5) is 11.4 Å². The van der Waals surface area contributed by atoms with Gasteiger partial charge in [0.25, 0.3) is 5.79 Å². The van der Waals surface area contributed by atoms with E-state index in [4.69, 9.17) is 9.47 Å². The molecule has 0 aromatic heterocycles. The Morgan fingerprint density at radius 2 is 1.34 bits per heavy atom. The highest BCUT2D eigenvalue weighted by Crippen LogP contribution is 2.48. The fourth-order valence-electron chi connectivity index (χ4n) is 7.79. The van der Waals surface area contributed by atoms with Crippen molar-refractivity contribution >= 4 is 23.3 Å². The van der Waals surface area contributed by atoms with Gasteiger partial charge in [-0.25, -0.2) is 9.59 Å². The van der Waals surface area contributed by atoms with E-state index in [0.717, 1.165) is 60.2 Å². The van der Waals surface area contributed by atoms with Gasteiger partial charge < -0.3 is 29.9 Å². The van der Waals surface area contributed by atoms with Crippen LogP contribution in [0.2, 0.25) is 0 Å². The molecule has 1 heterocycles. The maximum absolute atomic E-state index is 12.5. The molecule has 5 rings (SSSR count). The Labute approximate surface area is 316 Å². The molecule has 2 aliphatic rings. The van der Waals surface area contributed by atoms with Gasteiger partial charge in [-0.05, 0) is 112 Å². The van der Waals surface area contributed by atoms with Gasteiger partial charge in [-0.1, -0.05) is 86.9 Å². The predicted molar refractivity (Wildman–Crippen MR) is 212 cm³/mol. The molecule has 1 aliphatic heterocycles. The largest absolute Gasteiger partial charge is 0.508 e. The highest BCUT2D eigenvalue weighted by molar-refractivity contribution is 6.15. The van der Waals surface area contributed by atoms with E-state index < -0.39 is 17.7 Å². The molecule has 3 aromatic rings. The van der Waals surface area contributed by atoms with Crippen molar-refractivity contribution in [3.8, 4) is 11.5 Å². The molecule has 1 saturated carbocycles. The number of cyclic esters (lactones) is 2. The van der Waals surface area contributed by atoms with Crippen LogP contribution in [0.3, 0.4) is 0 Å². The van der Waals surface area contributed by atoms with Crippen molar-refractivity contribution in [2.24, 2.45) is 5.41 Å². The SMILES string of the molecule is CC(C)(C)Cc1ccc(CNC=C2C(=O)OC(C)(C)OC2=O)cc1C1CCCC(N(c2ccc(O)cc2C(C)(C)C)c2ccc(O)cc2C(C)(C)C)C1. The third kappa shape index (κ3) is 9.56. The Morgan fingerprint density at radius 3 is 1.85 bits per heavy atom. The normalized spacial score (nSPS) is 19.3. The topological polar surface area (TPSA) is 108 Å². The van der Waals surface area contributed by atoms with E-state index in [1.165, 1.54) is 31.2 Å². The molecular weight excluding hydrogens is 665 g/mol. The van der Waals surface area contributed by atoms with Crippen molar-refractivity contribution in [3.63, 3.8) is 0 Å². The fourth-order valence-corrected chi connectivity index (χ4v) is 7.79. The van der Waals surface area contributed by atoms with E-state index in [0.29, 0.717) is 6.54 Å². The van der Waals surface area contributed by atoms with Crippen molar-refractivity contribution in [1.29, 1.82) is 0 Å². The summed E-state index contributed by atoms with van der Waals surface area (Å²) in [4.78, 5) is 27.5. The maximum Gasteiger partial charge on any atom is 0.350 e. The minimum absolute atomic E-state index is 0.0792. The van der Waals surface area contributed by atoms with Crippen molar-refractivity contribution in [2.75, 3.05) is 4.90 Å². The van der Waals surface area contributed by atoms with Gasteiger partial charge in [-0.15, -0.1) is 0 Å². The molecule has 0 radical (unpaired) electrons. The summed E-state index contributed by atoms with van der Waals surface area (Å²) in [6.07, 6.45) is 6.34. The van der Waals surface area contributed by atoms with Crippen molar-refractivity contribution in [2.45, 2.75) is 143 Å². The first-order valence-corrected chi connectivity index (χ1v) is 19.0. The number of rotatable bonds is 8. The summed E-state index contributed by atoms with van der Waals surface area (Å²) in [5.74, 6) is -1.92. The molecule has 2 fully saturated rings. The number of phenolic OH excluding ortho intramolecular Hbond substituents is 2. The van der Waals surface area contributed by atoms with Crippen LogP contribution in [0.5, 0.6) is 11.5 Å². The van der Waals surface area contributed by atoms with Crippen molar-refractivity contribution in [1.82, 2.24) is 5.32 Å². The first-order valence-electron chi connectivity index (χ1n) is 19.0. The number of carbonyl (C=O) groups excluding carboxylic acids is 2. The van der Waals surface area contributed by atoms with Gasteiger partial charge >= 0.3 is 11.9 Å². The lowest BCUT2D eigenvalue weighted by Crippen LogP contribution is -2.42. The summed E-state index contributed by atoms with van der Waals surface area (Å²) in [6, 6.07) is 18.3. The highest BCUT2D eigenvalue weighted by Gasteiger charge is 2.39. The summed E-state index contributed by atoms with van der Waals surface area (Å²) >= 11 is 0. The molecular formula is C45H60N2O6. The number of nitrogens with zero attached hydrogens (tertiary/aromatic N) is 1. The second-order valence-corrected chi connectivity index (χ2v) is 18.7. The number of carbonyl (C=O) groups is 2. The van der Waals surface area contributed by atoms with Gasteiger partial charge in [0.2, 0.25) is 0 Å². The van der Waals surface area contributed by atoms with Crippen molar-refractivity contribution in [3.05, 3.63) is 94.2 Å². The Bertz CT molecular complexity index is 1790. The van der Waals surface area contributed by atoms with Crippen LogP contribution in [0, 0.1) is 5.41 Å². The molecule has 2 unspecified atom stereocenters. The number of aromatic hydroxyl groups is 2. The maximum atomic E-state index is 12.5. The summed E-state index contributed by atoms with van der Waals surface area (Å²) in [5.41, 5.74) is 7.43. The van der Waals surface area contributed by atoms with Gasteiger partial charge in [-0.3, -0.25) is 0 Å². The van der Waals surface area contributed by atoms with E-state index in [1.54, 1.807) is 12.1 Å². The molecule has 8 heteroatoms. The van der Waals surface area contributed by atoms with Crippen LogP contribution >= 0.6 is 0 Å². The number of ether oxygens (including phenoxy) is 2. The average Bonchev–Trinajstić information content (AvgIpc) is 3.02. The first-order chi connectivity index (χ1) is 24.5. The Balaban J connectivity index is 1.55. The van der Waals surface area contributed by atoms with Gasteiger partial charge in [0.1, 0.15) is 11.5 Å². The zero-order valence-electron chi connectivity index (χ0n) is 33.6. The number of phenols is 2. The van der Waals surface area contributed by atoms with E-state index in [9.17, 15) is 19.8 Å². The summed E-state index contributed by atoms with van der Waals surface area (Å²) in [6.45, 7) is 23.4. The van der Waals surface area contributed by atoms with E-state index in [-0.39, 0.29) is 45.3 Å². The molecule has 0 amide bonds. The average molecular weight is 725 g/mol. The zero-order chi connectivity index (χ0) is 39.1. The highest BCUT2D eigenvalue weighted by atomic mass is 16.7. The number of benzene rings is 3. The second kappa shape index (κ2) is 14.8. The molecule has 2 atom stereocenters. The molecule has 3 N–H and O–H groups in total. The summed E-state index contributed by atoms with van der Waals surface area (Å²) in [7, 11) is 0. The number of hydrogen-bond acceptors (Lipinski definition) is 8. The fraction of sp³-hybridized carbons (Fsp3) is 0.511. The summed E-state index contributed by atoms with van der Waals surface area (Å²) in [5, 5.41) is 24.6. The molecule has 286 valence electrons. The monoisotopic (exact) mass is 724 g/mol. The van der Waals surface area contributed by atoms with Gasteiger partial charge in [0.05, 0.1) is 0 Å². The van der Waals surface area contributed by atoms with Gasteiger partial charge in [0, 0.05) is 44.0 Å². The van der Waals surface area contributed by atoms with Gasteiger partial charge in [0.15, 0.2) is 5.57 Å². The Hall–Kier alpha value is -4.46. The van der Waals surface area contributed by atoms with Crippen LogP contribution in [0.25, 0.3) is 0 Å². The second-order valence-electron chi connectivity index (χ2n) is 18.7. The van der Waals surface area contributed by atoms with Crippen LogP contribution in [0.1, 0.15) is 136 Å². The smallest absolute Gasteiger partial charge is 0.350 e. The number of hydrogen-bond donors (Lipinski definition) is 3. The minimum atomic E-state index is -1.29. The minimum Gasteiger partial charge on any atom is -0.508 e. The predicted octanol–water partition coefficient (Wildman–Crippen LogP) is 9.96. The molecule has 0 bridgehead atoms. The molecule has 1 aliphatic carbocycles. The third-order valence-corrected chi connectivity index (χ3v) is 10.1. The first kappa shape index (κ1) is 39.7. The van der Waals surface area contributed by atoms with Crippen LogP contribution < -0.4 is 10.2 Å². The number of nitrogens with one attached hydrogen (secondary N) is 1. The van der Waals surface area contributed by atoms with Crippen LogP contribution in [-0.2, 0) is 42.9 Å². The Kier molecular flexibility index (Phi) is 11.1. The molecule has 0 spiro atoms. The van der Waals surface area contributed by atoms with Crippen LogP contribution in [-0.4, -0.2) is 34.0 Å². The zero-order valence-corrected chi connectivity index (χ0v) is 33.6. The molecule has 53 heavy (non-hydrogen) atoms. The van der Waals surface area contributed by atoms with E-state index in [1.807, 2.05) is 12.1 Å². The van der Waals surface area contributed by atoms with Crippen LogP contribution in [0.15, 0.2) is 66.4 Å². The number of esters is 2. The third-order valence-electron chi connectivity index (χ3n) is 10.1. The molecule has 3 aromatic carbocycles. The lowest BCUT2D eigenvalue weighted by atomic mass is 9.75. The van der Waals surface area contributed by atoms with Crippen molar-refractivity contribution < 1.29 is 29.3 Å². The lowest BCUT2D eigenvalue weighted by Gasteiger charge is -2.43. The molecule has 8 nitrogen and oxygen atoms in total.